The van der Waals surface area contributed by atoms with Gasteiger partial charge in [-0.2, -0.15) is 13.2 Å². The number of nitrogens with one attached hydrogen (secondary N) is 1. The van der Waals surface area contributed by atoms with Crippen LogP contribution in [0.3, 0.4) is 0 Å². The molecule has 4 aromatic carbocycles. The van der Waals surface area contributed by atoms with Crippen molar-refractivity contribution in [3.8, 4) is 5.75 Å². The van der Waals surface area contributed by atoms with E-state index in [4.69, 9.17) is 4.74 Å². The molecule has 1 unspecified atom stereocenters. The van der Waals surface area contributed by atoms with Crippen molar-refractivity contribution in [3.63, 3.8) is 0 Å². The summed E-state index contributed by atoms with van der Waals surface area (Å²) < 4.78 is 44.6. The minimum atomic E-state index is -4.44. The quantitative estimate of drug-likeness (QED) is 0.322. The molecule has 0 saturated carbocycles. The van der Waals surface area contributed by atoms with Gasteiger partial charge < -0.3 is 15.2 Å². The Bertz CT molecular complexity index is 1370. The Morgan fingerprint density at radius 2 is 1.50 bits per heavy atom. The van der Waals surface area contributed by atoms with Crippen LogP contribution in [0.1, 0.15) is 27.0 Å². The van der Waals surface area contributed by atoms with E-state index >= 15 is 0 Å². The number of fused-ring (bicyclic) bond motifs is 1. The molecule has 4 rings (SSSR count). The maximum absolute atomic E-state index is 13.2. The minimum absolute atomic E-state index is 0.0845. The van der Waals surface area contributed by atoms with Gasteiger partial charge in [-0.25, -0.2) is 4.79 Å². The number of carboxylic acid groups (broad SMARTS) is 1. The Labute approximate surface area is 205 Å². The van der Waals surface area contributed by atoms with E-state index in [0.717, 1.165) is 23.1 Å². The lowest BCUT2D eigenvalue weighted by Crippen LogP contribution is -2.42. The first-order valence-electron chi connectivity index (χ1n) is 11.1. The molecule has 0 fully saturated rings. The standard InChI is InChI=1S/C28H22F3NO4/c29-28(30,31)21-13-10-19(11-14-21)17-36-25-22-9-5-4-8-20(22)12-15-23(25)26(33)32-24(27(34)35)16-18-6-2-1-3-7-18/h1-15,24H,16-17H2,(H,32,33)(H,34,35). The third kappa shape index (κ3) is 5.83. The molecule has 184 valence electrons. The molecule has 0 bridgehead atoms. The summed E-state index contributed by atoms with van der Waals surface area (Å²) in [5.74, 6) is -1.60. The van der Waals surface area contributed by atoms with Crippen molar-refractivity contribution in [1.29, 1.82) is 0 Å². The first-order valence-corrected chi connectivity index (χ1v) is 11.1. The molecular formula is C28H22F3NO4. The zero-order valence-electron chi connectivity index (χ0n) is 19.0. The van der Waals surface area contributed by atoms with Crippen LogP contribution in [0.25, 0.3) is 10.8 Å². The Balaban J connectivity index is 1.60. The Morgan fingerprint density at radius 3 is 2.17 bits per heavy atom. The number of alkyl halides is 3. The SMILES string of the molecule is O=C(NC(Cc1ccccc1)C(=O)O)c1ccc2ccccc2c1OCc1ccc(C(F)(F)F)cc1. The Morgan fingerprint density at radius 1 is 0.833 bits per heavy atom. The lowest BCUT2D eigenvalue weighted by molar-refractivity contribution is -0.139. The summed E-state index contributed by atoms with van der Waals surface area (Å²) >= 11 is 0. The molecule has 4 aromatic rings. The highest BCUT2D eigenvalue weighted by Crippen LogP contribution is 2.32. The average Bonchev–Trinajstić information content (AvgIpc) is 2.87. The smallest absolute Gasteiger partial charge is 0.416 e. The van der Waals surface area contributed by atoms with Crippen molar-refractivity contribution in [2.75, 3.05) is 0 Å². The fourth-order valence-corrected chi connectivity index (χ4v) is 3.81. The van der Waals surface area contributed by atoms with Gasteiger partial charge in [-0.1, -0.05) is 72.8 Å². The number of ether oxygens (including phenoxy) is 1. The maximum Gasteiger partial charge on any atom is 0.416 e. The molecule has 0 aliphatic rings. The van der Waals surface area contributed by atoms with Crippen LogP contribution in [0.4, 0.5) is 13.2 Å². The second kappa shape index (κ2) is 10.5. The molecule has 8 heteroatoms. The number of amides is 1. The predicted octanol–water partition coefficient (Wildman–Crippen LogP) is 5.86. The molecule has 5 nitrogen and oxygen atoms in total. The lowest BCUT2D eigenvalue weighted by atomic mass is 10.0. The van der Waals surface area contributed by atoms with Crippen LogP contribution in [0, 0.1) is 0 Å². The number of carbonyl (C=O) groups is 2. The fraction of sp³-hybridized carbons (Fsp3) is 0.143. The highest BCUT2D eigenvalue weighted by atomic mass is 19.4. The van der Waals surface area contributed by atoms with E-state index in [1.807, 2.05) is 18.2 Å². The van der Waals surface area contributed by atoms with Gasteiger partial charge in [0.15, 0.2) is 0 Å². The summed E-state index contributed by atoms with van der Waals surface area (Å²) in [5.41, 5.74) is 0.590. The van der Waals surface area contributed by atoms with Crippen molar-refractivity contribution < 1.29 is 32.6 Å². The van der Waals surface area contributed by atoms with E-state index in [2.05, 4.69) is 5.32 Å². The topological polar surface area (TPSA) is 75.6 Å². The van der Waals surface area contributed by atoms with E-state index in [1.165, 1.54) is 12.1 Å². The van der Waals surface area contributed by atoms with Gasteiger partial charge in [0.2, 0.25) is 0 Å². The monoisotopic (exact) mass is 493 g/mol. The number of hydrogen-bond donors (Lipinski definition) is 2. The van der Waals surface area contributed by atoms with Gasteiger partial charge in [-0.05, 0) is 34.7 Å². The van der Waals surface area contributed by atoms with Crippen LogP contribution in [-0.4, -0.2) is 23.0 Å². The van der Waals surface area contributed by atoms with Gasteiger partial charge in [0.1, 0.15) is 18.4 Å². The molecule has 2 N–H and O–H groups in total. The first kappa shape index (κ1) is 24.8. The Hall–Kier alpha value is -4.33. The molecule has 0 aromatic heterocycles. The molecule has 1 atom stereocenters. The number of carboxylic acids is 1. The summed E-state index contributed by atoms with van der Waals surface area (Å²) in [5, 5.41) is 13.6. The number of rotatable bonds is 8. The Kier molecular flexibility index (Phi) is 7.24. The van der Waals surface area contributed by atoms with Crippen LogP contribution in [0.2, 0.25) is 0 Å². The van der Waals surface area contributed by atoms with E-state index in [9.17, 15) is 27.9 Å². The summed E-state index contributed by atoms with van der Waals surface area (Å²) in [6, 6.07) is 22.8. The molecule has 0 aliphatic heterocycles. The van der Waals surface area contributed by atoms with Gasteiger partial charge in [0.05, 0.1) is 11.1 Å². The number of halogens is 3. The third-order valence-electron chi connectivity index (χ3n) is 5.67. The van der Waals surface area contributed by atoms with Gasteiger partial charge in [0, 0.05) is 11.8 Å². The van der Waals surface area contributed by atoms with Gasteiger partial charge in [-0.15, -0.1) is 0 Å². The average molecular weight is 493 g/mol. The highest BCUT2D eigenvalue weighted by Gasteiger charge is 2.30. The molecule has 1 amide bonds. The molecule has 0 radical (unpaired) electrons. The second-order valence-electron chi connectivity index (χ2n) is 8.20. The maximum atomic E-state index is 13.2. The zero-order chi connectivity index (χ0) is 25.7. The predicted molar refractivity (Wildman–Crippen MR) is 129 cm³/mol. The zero-order valence-corrected chi connectivity index (χ0v) is 19.0. The van der Waals surface area contributed by atoms with Gasteiger partial charge in [0.25, 0.3) is 5.91 Å². The molecule has 0 aliphatic carbocycles. The van der Waals surface area contributed by atoms with Crippen molar-refractivity contribution in [3.05, 3.63) is 113 Å². The van der Waals surface area contributed by atoms with Crippen molar-refractivity contribution in [2.45, 2.75) is 25.2 Å². The highest BCUT2D eigenvalue weighted by molar-refractivity contribution is 6.04. The lowest BCUT2D eigenvalue weighted by Gasteiger charge is -2.18. The van der Waals surface area contributed by atoms with E-state index < -0.39 is 29.7 Å². The molecule has 0 heterocycles. The molecule has 0 saturated heterocycles. The van der Waals surface area contributed by atoms with Gasteiger partial charge in [-0.3, -0.25) is 4.79 Å². The van der Waals surface area contributed by atoms with Crippen LogP contribution >= 0.6 is 0 Å². The number of aliphatic carboxylic acids is 1. The number of hydrogen-bond acceptors (Lipinski definition) is 3. The first-order chi connectivity index (χ1) is 17.2. The third-order valence-corrected chi connectivity index (χ3v) is 5.67. The second-order valence-corrected chi connectivity index (χ2v) is 8.20. The van der Waals surface area contributed by atoms with Crippen molar-refractivity contribution in [1.82, 2.24) is 5.32 Å². The fourth-order valence-electron chi connectivity index (χ4n) is 3.81. The summed E-state index contributed by atoms with van der Waals surface area (Å²) in [4.78, 5) is 25.1. The van der Waals surface area contributed by atoms with Crippen LogP contribution in [0.15, 0.2) is 91.0 Å². The van der Waals surface area contributed by atoms with Crippen molar-refractivity contribution >= 4 is 22.6 Å². The van der Waals surface area contributed by atoms with Crippen LogP contribution in [0.5, 0.6) is 5.75 Å². The molecule has 36 heavy (non-hydrogen) atoms. The van der Waals surface area contributed by atoms with Crippen LogP contribution < -0.4 is 10.1 Å². The summed E-state index contributed by atoms with van der Waals surface area (Å²) in [6.07, 6.45) is -4.35. The normalized spacial score (nSPS) is 12.2. The van der Waals surface area contributed by atoms with E-state index in [1.54, 1.807) is 48.5 Å². The number of carbonyl (C=O) groups excluding carboxylic acids is 1. The summed E-state index contributed by atoms with van der Waals surface area (Å²) in [6.45, 7) is -0.0845. The number of benzene rings is 4. The van der Waals surface area contributed by atoms with Crippen LogP contribution in [-0.2, 0) is 24.0 Å². The largest absolute Gasteiger partial charge is 0.487 e. The van der Waals surface area contributed by atoms with Crippen molar-refractivity contribution in [2.24, 2.45) is 0 Å². The molecule has 0 spiro atoms. The minimum Gasteiger partial charge on any atom is -0.487 e. The summed E-state index contributed by atoms with van der Waals surface area (Å²) in [7, 11) is 0. The van der Waals surface area contributed by atoms with E-state index in [-0.39, 0.29) is 24.3 Å². The van der Waals surface area contributed by atoms with E-state index in [0.29, 0.717) is 10.9 Å². The molecular weight excluding hydrogens is 471 g/mol. The van der Waals surface area contributed by atoms with Gasteiger partial charge >= 0.3 is 12.1 Å².